The molecule has 2 atom stereocenters. The van der Waals surface area contributed by atoms with Gasteiger partial charge in [-0.3, -0.25) is 4.79 Å². The molecule has 2 unspecified atom stereocenters. The van der Waals surface area contributed by atoms with E-state index < -0.39 is 0 Å². The maximum absolute atomic E-state index is 12.6. The van der Waals surface area contributed by atoms with Crippen molar-refractivity contribution in [1.82, 2.24) is 20.2 Å². The topological polar surface area (TPSA) is 61.4 Å². The van der Waals surface area contributed by atoms with E-state index in [1.54, 1.807) is 12.4 Å². The molecular weight excluding hydrogens is 290 g/mol. The fourth-order valence-corrected chi connectivity index (χ4v) is 3.55. The molecule has 0 radical (unpaired) electrons. The van der Waals surface area contributed by atoms with Gasteiger partial charge < -0.3 is 15.1 Å². The molecule has 126 valence electrons. The van der Waals surface area contributed by atoms with Gasteiger partial charge in [0.1, 0.15) is 0 Å². The highest BCUT2D eigenvalue weighted by Crippen LogP contribution is 2.23. The van der Waals surface area contributed by atoms with Gasteiger partial charge in [-0.15, -0.1) is 0 Å². The lowest BCUT2D eigenvalue weighted by atomic mass is 9.85. The number of piperidine rings is 1. The standard InChI is InChI=1S/C17H27N5O/c1-14(15-4-2-5-18-13-15)12-16(23)21-8-10-22(11-9-21)17-19-6-3-7-20-17/h3,6-7,14-15,18H,2,4-5,8-13H2,1H3. The fraction of sp³-hybridized carbons (Fsp3) is 0.706. The van der Waals surface area contributed by atoms with E-state index in [2.05, 4.69) is 27.1 Å². The monoisotopic (exact) mass is 317 g/mol. The summed E-state index contributed by atoms with van der Waals surface area (Å²) < 4.78 is 0. The minimum atomic E-state index is 0.303. The van der Waals surface area contributed by atoms with Crippen molar-refractivity contribution in [3.05, 3.63) is 18.5 Å². The third-order valence-electron chi connectivity index (χ3n) is 5.10. The molecular formula is C17H27N5O. The highest BCUT2D eigenvalue weighted by Gasteiger charge is 2.26. The third-order valence-corrected chi connectivity index (χ3v) is 5.10. The summed E-state index contributed by atoms with van der Waals surface area (Å²) in [7, 11) is 0. The molecule has 0 spiro atoms. The highest BCUT2D eigenvalue weighted by molar-refractivity contribution is 5.76. The van der Waals surface area contributed by atoms with Crippen molar-refractivity contribution < 1.29 is 4.79 Å². The zero-order chi connectivity index (χ0) is 16.1. The molecule has 1 aromatic rings. The van der Waals surface area contributed by atoms with Crippen LogP contribution in [0.4, 0.5) is 5.95 Å². The summed E-state index contributed by atoms with van der Waals surface area (Å²) in [6.07, 6.45) is 6.69. The summed E-state index contributed by atoms with van der Waals surface area (Å²) in [5, 5.41) is 3.45. The van der Waals surface area contributed by atoms with Crippen molar-refractivity contribution in [2.24, 2.45) is 11.8 Å². The first-order chi connectivity index (χ1) is 11.2. The minimum absolute atomic E-state index is 0.303. The first kappa shape index (κ1) is 16.2. The molecule has 0 aliphatic carbocycles. The highest BCUT2D eigenvalue weighted by atomic mass is 16.2. The van der Waals surface area contributed by atoms with Crippen LogP contribution in [-0.4, -0.2) is 60.0 Å². The Hall–Kier alpha value is -1.69. The zero-order valence-corrected chi connectivity index (χ0v) is 13.9. The number of rotatable bonds is 4. The van der Waals surface area contributed by atoms with E-state index in [0.29, 0.717) is 24.2 Å². The first-order valence-electron chi connectivity index (χ1n) is 8.74. The van der Waals surface area contributed by atoms with Crippen LogP contribution in [0.1, 0.15) is 26.2 Å². The number of carbonyl (C=O) groups excluding carboxylic acids is 1. The SMILES string of the molecule is CC(CC(=O)N1CCN(c2ncccn2)CC1)C1CCCNC1. The van der Waals surface area contributed by atoms with Gasteiger partial charge in [-0.1, -0.05) is 6.92 Å². The van der Waals surface area contributed by atoms with Gasteiger partial charge in [0.2, 0.25) is 11.9 Å². The first-order valence-corrected chi connectivity index (χ1v) is 8.74. The molecule has 1 N–H and O–H groups in total. The van der Waals surface area contributed by atoms with Crippen molar-refractivity contribution in [1.29, 1.82) is 0 Å². The summed E-state index contributed by atoms with van der Waals surface area (Å²) >= 11 is 0. The van der Waals surface area contributed by atoms with Crippen LogP contribution in [0.25, 0.3) is 0 Å². The minimum Gasteiger partial charge on any atom is -0.339 e. The summed E-state index contributed by atoms with van der Waals surface area (Å²) in [4.78, 5) is 25.3. The maximum atomic E-state index is 12.6. The second kappa shape index (κ2) is 7.73. The van der Waals surface area contributed by atoms with Crippen molar-refractivity contribution in [2.45, 2.75) is 26.2 Å². The number of amides is 1. The maximum Gasteiger partial charge on any atom is 0.225 e. The Morgan fingerprint density at radius 3 is 2.70 bits per heavy atom. The average molecular weight is 317 g/mol. The van der Waals surface area contributed by atoms with Gasteiger partial charge in [0.05, 0.1) is 0 Å². The van der Waals surface area contributed by atoms with Crippen LogP contribution in [0.5, 0.6) is 0 Å². The lowest BCUT2D eigenvalue weighted by Gasteiger charge is -2.36. The Balaban J connectivity index is 1.46. The summed E-state index contributed by atoms with van der Waals surface area (Å²) in [5.74, 6) is 2.18. The molecule has 2 aliphatic rings. The van der Waals surface area contributed by atoms with E-state index in [4.69, 9.17) is 0 Å². The molecule has 3 heterocycles. The molecule has 0 bridgehead atoms. The van der Waals surface area contributed by atoms with Crippen LogP contribution in [0.15, 0.2) is 18.5 Å². The quantitative estimate of drug-likeness (QED) is 0.903. The number of nitrogens with zero attached hydrogens (tertiary/aromatic N) is 4. The number of carbonyl (C=O) groups is 1. The summed E-state index contributed by atoms with van der Waals surface area (Å²) in [5.41, 5.74) is 0. The molecule has 2 fully saturated rings. The lowest BCUT2D eigenvalue weighted by Crippen LogP contribution is -2.49. The van der Waals surface area contributed by atoms with Crippen molar-refractivity contribution in [3.63, 3.8) is 0 Å². The Bertz CT molecular complexity index is 495. The second-order valence-electron chi connectivity index (χ2n) is 6.70. The number of hydrogen-bond donors (Lipinski definition) is 1. The zero-order valence-electron chi connectivity index (χ0n) is 13.9. The third kappa shape index (κ3) is 4.19. The predicted octanol–water partition coefficient (Wildman–Crippen LogP) is 1.15. The van der Waals surface area contributed by atoms with Gasteiger partial charge in [0.25, 0.3) is 0 Å². The normalized spacial score (nSPS) is 23.6. The number of nitrogens with one attached hydrogen (secondary N) is 1. The van der Waals surface area contributed by atoms with Crippen molar-refractivity contribution in [3.8, 4) is 0 Å². The Morgan fingerprint density at radius 1 is 1.30 bits per heavy atom. The van der Waals surface area contributed by atoms with Crippen molar-refractivity contribution >= 4 is 11.9 Å². The largest absolute Gasteiger partial charge is 0.339 e. The molecule has 2 aliphatic heterocycles. The number of piperazine rings is 1. The summed E-state index contributed by atoms with van der Waals surface area (Å²) in [6.45, 7) is 7.58. The van der Waals surface area contributed by atoms with E-state index >= 15 is 0 Å². The molecule has 3 rings (SSSR count). The van der Waals surface area contributed by atoms with Gasteiger partial charge >= 0.3 is 0 Å². The lowest BCUT2D eigenvalue weighted by molar-refractivity contribution is -0.132. The van der Waals surface area contributed by atoms with Gasteiger partial charge in [-0.2, -0.15) is 0 Å². The molecule has 0 aromatic carbocycles. The second-order valence-corrected chi connectivity index (χ2v) is 6.70. The Kier molecular flexibility index (Phi) is 5.43. The van der Waals surface area contributed by atoms with Gasteiger partial charge in [-0.05, 0) is 43.8 Å². The smallest absolute Gasteiger partial charge is 0.225 e. The number of hydrogen-bond acceptors (Lipinski definition) is 5. The van der Waals surface area contributed by atoms with Crippen LogP contribution in [0.2, 0.25) is 0 Å². The van der Waals surface area contributed by atoms with Gasteiger partial charge in [-0.25, -0.2) is 9.97 Å². The molecule has 1 aromatic heterocycles. The summed E-state index contributed by atoms with van der Waals surface area (Å²) in [6, 6.07) is 1.82. The van der Waals surface area contributed by atoms with E-state index in [-0.39, 0.29) is 0 Å². The Morgan fingerprint density at radius 2 is 2.04 bits per heavy atom. The molecule has 6 nitrogen and oxygen atoms in total. The van der Waals surface area contributed by atoms with E-state index in [0.717, 1.165) is 45.2 Å². The molecule has 2 saturated heterocycles. The fourth-order valence-electron chi connectivity index (χ4n) is 3.55. The predicted molar refractivity (Wildman–Crippen MR) is 90.2 cm³/mol. The van der Waals surface area contributed by atoms with E-state index in [1.807, 2.05) is 11.0 Å². The van der Waals surface area contributed by atoms with Crippen molar-refractivity contribution in [2.75, 3.05) is 44.2 Å². The van der Waals surface area contributed by atoms with Crippen LogP contribution in [0, 0.1) is 11.8 Å². The Labute approximate surface area is 138 Å². The molecule has 0 saturated carbocycles. The van der Waals surface area contributed by atoms with Gasteiger partial charge in [0.15, 0.2) is 0 Å². The van der Waals surface area contributed by atoms with E-state index in [9.17, 15) is 4.79 Å². The molecule has 6 heteroatoms. The van der Waals surface area contributed by atoms with Crippen LogP contribution < -0.4 is 10.2 Å². The number of aromatic nitrogens is 2. The average Bonchev–Trinajstić information content (AvgIpc) is 2.63. The van der Waals surface area contributed by atoms with E-state index in [1.165, 1.54) is 12.8 Å². The van der Waals surface area contributed by atoms with Crippen LogP contribution >= 0.6 is 0 Å². The molecule has 23 heavy (non-hydrogen) atoms. The van der Waals surface area contributed by atoms with Crippen LogP contribution in [0.3, 0.4) is 0 Å². The number of anilines is 1. The van der Waals surface area contributed by atoms with Crippen LogP contribution in [-0.2, 0) is 4.79 Å². The van der Waals surface area contributed by atoms with Gasteiger partial charge in [0, 0.05) is 45.0 Å². The molecule has 1 amide bonds.